The number of ether oxygens (including phenoxy) is 1. The molecule has 0 atom stereocenters. The second-order valence-corrected chi connectivity index (χ2v) is 9.54. The van der Waals surface area contributed by atoms with E-state index < -0.39 is 33.3 Å². The zero-order valence-corrected chi connectivity index (χ0v) is 17.6. The first-order valence-corrected chi connectivity index (χ1v) is 10.6. The van der Waals surface area contributed by atoms with Crippen LogP contribution in [0.1, 0.15) is 36.7 Å². The fourth-order valence-corrected chi connectivity index (χ4v) is 3.03. The molecule has 0 fully saturated rings. The van der Waals surface area contributed by atoms with Crippen molar-refractivity contribution in [2.24, 2.45) is 0 Å². The van der Waals surface area contributed by atoms with E-state index in [9.17, 15) is 22.4 Å². The molecular weight excluding hydrogens is 399 g/mol. The SMILES string of the molecule is Cc1ccc(S(C)(=O)=O)cc1C(=O)Nc1ccc(F)c(NC(=O)OC(C)(C)C)c1. The molecule has 2 aromatic rings. The van der Waals surface area contributed by atoms with Gasteiger partial charge < -0.3 is 10.1 Å². The molecule has 0 bridgehead atoms. The van der Waals surface area contributed by atoms with Crippen LogP contribution in [0.2, 0.25) is 0 Å². The molecule has 156 valence electrons. The van der Waals surface area contributed by atoms with Crippen LogP contribution in [0.5, 0.6) is 0 Å². The van der Waals surface area contributed by atoms with Gasteiger partial charge >= 0.3 is 6.09 Å². The van der Waals surface area contributed by atoms with Gasteiger partial charge in [0, 0.05) is 17.5 Å². The van der Waals surface area contributed by atoms with Crippen LogP contribution in [0.4, 0.5) is 20.6 Å². The first-order valence-electron chi connectivity index (χ1n) is 8.68. The third-order valence-electron chi connectivity index (χ3n) is 3.74. The van der Waals surface area contributed by atoms with Crippen LogP contribution in [0.3, 0.4) is 0 Å². The Hall–Kier alpha value is -2.94. The number of rotatable bonds is 4. The van der Waals surface area contributed by atoms with Crippen molar-refractivity contribution >= 4 is 33.2 Å². The van der Waals surface area contributed by atoms with Crippen molar-refractivity contribution < 1.29 is 27.1 Å². The van der Waals surface area contributed by atoms with E-state index >= 15 is 0 Å². The summed E-state index contributed by atoms with van der Waals surface area (Å²) in [6, 6.07) is 7.88. The summed E-state index contributed by atoms with van der Waals surface area (Å²) in [5.41, 5.74) is 0.0300. The van der Waals surface area contributed by atoms with Gasteiger partial charge in [0.05, 0.1) is 10.6 Å². The van der Waals surface area contributed by atoms with Gasteiger partial charge in [0.2, 0.25) is 0 Å². The highest BCUT2D eigenvalue weighted by atomic mass is 32.2. The predicted octanol–water partition coefficient (Wildman–Crippen LogP) is 4.14. The molecule has 9 heteroatoms. The summed E-state index contributed by atoms with van der Waals surface area (Å²) < 4.78 is 42.6. The van der Waals surface area contributed by atoms with E-state index in [0.717, 1.165) is 12.3 Å². The smallest absolute Gasteiger partial charge is 0.412 e. The summed E-state index contributed by atoms with van der Waals surface area (Å²) in [4.78, 5) is 24.5. The van der Waals surface area contributed by atoms with Crippen LogP contribution >= 0.6 is 0 Å². The van der Waals surface area contributed by atoms with Gasteiger partial charge in [0.15, 0.2) is 9.84 Å². The van der Waals surface area contributed by atoms with E-state index in [1.54, 1.807) is 27.7 Å². The lowest BCUT2D eigenvalue weighted by atomic mass is 10.1. The van der Waals surface area contributed by atoms with Crippen molar-refractivity contribution in [3.05, 3.63) is 53.3 Å². The Morgan fingerprint density at radius 2 is 1.69 bits per heavy atom. The number of hydrogen-bond acceptors (Lipinski definition) is 5. The number of halogens is 1. The summed E-state index contributed by atoms with van der Waals surface area (Å²) in [7, 11) is -3.48. The van der Waals surface area contributed by atoms with Crippen molar-refractivity contribution in [3.8, 4) is 0 Å². The molecule has 0 saturated heterocycles. The molecule has 2 N–H and O–H groups in total. The van der Waals surface area contributed by atoms with E-state index in [1.807, 2.05) is 0 Å². The van der Waals surface area contributed by atoms with E-state index in [0.29, 0.717) is 5.56 Å². The van der Waals surface area contributed by atoms with E-state index in [4.69, 9.17) is 4.74 Å². The van der Waals surface area contributed by atoms with Gasteiger partial charge in [0.25, 0.3) is 5.91 Å². The number of anilines is 2. The van der Waals surface area contributed by atoms with Crippen molar-refractivity contribution in [2.75, 3.05) is 16.9 Å². The van der Waals surface area contributed by atoms with Crippen LogP contribution in [0.25, 0.3) is 0 Å². The van der Waals surface area contributed by atoms with Crippen LogP contribution < -0.4 is 10.6 Å². The molecule has 0 heterocycles. The summed E-state index contributed by atoms with van der Waals surface area (Å²) in [6.45, 7) is 6.69. The zero-order valence-electron chi connectivity index (χ0n) is 16.8. The second-order valence-electron chi connectivity index (χ2n) is 7.52. The quantitative estimate of drug-likeness (QED) is 0.771. The lowest BCUT2D eigenvalue weighted by Crippen LogP contribution is -2.27. The van der Waals surface area contributed by atoms with Gasteiger partial charge in [-0.05, 0) is 63.6 Å². The Bertz CT molecular complexity index is 1060. The monoisotopic (exact) mass is 422 g/mol. The number of sulfone groups is 1. The third-order valence-corrected chi connectivity index (χ3v) is 4.85. The second kappa shape index (κ2) is 8.20. The largest absolute Gasteiger partial charge is 0.444 e. The van der Waals surface area contributed by atoms with E-state index in [-0.39, 0.29) is 21.8 Å². The maximum Gasteiger partial charge on any atom is 0.412 e. The number of carbonyl (C=O) groups excluding carboxylic acids is 2. The summed E-state index contributed by atoms with van der Waals surface area (Å²) >= 11 is 0. The van der Waals surface area contributed by atoms with Crippen LogP contribution in [0, 0.1) is 12.7 Å². The van der Waals surface area contributed by atoms with Crippen LogP contribution in [-0.4, -0.2) is 32.3 Å². The Morgan fingerprint density at radius 1 is 1.03 bits per heavy atom. The van der Waals surface area contributed by atoms with Crippen molar-refractivity contribution in [2.45, 2.75) is 38.2 Å². The topological polar surface area (TPSA) is 102 Å². The molecule has 0 saturated carbocycles. The maximum atomic E-state index is 14.0. The van der Waals surface area contributed by atoms with Gasteiger partial charge in [-0.25, -0.2) is 17.6 Å². The standard InChI is InChI=1S/C20H23FN2O5S/c1-12-6-8-14(29(5,26)27)11-15(12)18(24)22-13-7-9-16(21)17(10-13)23-19(25)28-20(2,3)4/h6-11H,1-5H3,(H,22,24)(H,23,25). The first-order chi connectivity index (χ1) is 13.3. The first kappa shape index (κ1) is 22.4. The highest BCUT2D eigenvalue weighted by molar-refractivity contribution is 7.90. The molecule has 0 aliphatic carbocycles. The van der Waals surface area contributed by atoms with Gasteiger partial charge in [-0.3, -0.25) is 10.1 Å². The average Bonchev–Trinajstić information content (AvgIpc) is 2.55. The normalized spacial score (nSPS) is 11.7. The molecule has 2 rings (SSSR count). The Labute approximate surface area is 169 Å². The molecule has 0 aromatic heterocycles. The predicted molar refractivity (Wildman–Crippen MR) is 108 cm³/mol. The van der Waals surface area contributed by atoms with Gasteiger partial charge in [-0.1, -0.05) is 6.07 Å². The molecule has 7 nitrogen and oxygen atoms in total. The number of nitrogens with one attached hydrogen (secondary N) is 2. The minimum atomic E-state index is -3.48. The number of aryl methyl sites for hydroxylation is 1. The summed E-state index contributed by atoms with van der Waals surface area (Å²) in [5.74, 6) is -1.27. The molecule has 0 spiro atoms. The minimum Gasteiger partial charge on any atom is -0.444 e. The number of amides is 2. The zero-order chi connectivity index (χ0) is 22.0. The maximum absolute atomic E-state index is 14.0. The highest BCUT2D eigenvalue weighted by Crippen LogP contribution is 2.22. The number of benzene rings is 2. The number of carbonyl (C=O) groups is 2. The van der Waals surface area contributed by atoms with Gasteiger partial charge in [-0.15, -0.1) is 0 Å². The molecule has 2 aromatic carbocycles. The fourth-order valence-electron chi connectivity index (χ4n) is 2.39. The highest BCUT2D eigenvalue weighted by Gasteiger charge is 2.19. The Kier molecular flexibility index (Phi) is 6.32. The molecule has 29 heavy (non-hydrogen) atoms. The van der Waals surface area contributed by atoms with Gasteiger partial charge in [0.1, 0.15) is 11.4 Å². The Morgan fingerprint density at radius 3 is 2.28 bits per heavy atom. The van der Waals surface area contributed by atoms with Crippen LogP contribution in [0.15, 0.2) is 41.3 Å². The molecule has 0 unspecified atom stereocenters. The summed E-state index contributed by atoms with van der Waals surface area (Å²) in [6.07, 6.45) is 0.213. The van der Waals surface area contributed by atoms with Crippen molar-refractivity contribution in [3.63, 3.8) is 0 Å². The molecule has 0 aliphatic heterocycles. The van der Waals surface area contributed by atoms with Crippen LogP contribution in [-0.2, 0) is 14.6 Å². The average molecular weight is 422 g/mol. The van der Waals surface area contributed by atoms with E-state index in [1.165, 1.54) is 30.3 Å². The third kappa shape index (κ3) is 6.28. The fraction of sp³-hybridized carbons (Fsp3) is 0.300. The lowest BCUT2D eigenvalue weighted by Gasteiger charge is -2.20. The molecule has 0 radical (unpaired) electrons. The molecule has 2 amide bonds. The van der Waals surface area contributed by atoms with E-state index in [2.05, 4.69) is 10.6 Å². The lowest BCUT2D eigenvalue weighted by molar-refractivity contribution is 0.0635. The summed E-state index contributed by atoms with van der Waals surface area (Å²) in [5, 5.41) is 4.87. The minimum absolute atomic E-state index is 0.0136. The molecular formula is C20H23FN2O5S. The Balaban J connectivity index is 2.25. The molecule has 0 aliphatic rings. The van der Waals surface area contributed by atoms with Gasteiger partial charge in [-0.2, -0.15) is 0 Å². The van der Waals surface area contributed by atoms with Crippen molar-refractivity contribution in [1.29, 1.82) is 0 Å². The number of hydrogen-bond donors (Lipinski definition) is 2. The van der Waals surface area contributed by atoms with Crippen molar-refractivity contribution in [1.82, 2.24) is 0 Å².